The minimum absolute atomic E-state index is 0.118. The van der Waals surface area contributed by atoms with Crippen LogP contribution in [0, 0.1) is 5.82 Å². The Labute approximate surface area is 163 Å². The minimum Gasteiger partial charge on any atom is -0.465 e. The number of methoxy groups -OCH3 is 1. The first-order valence-electron chi connectivity index (χ1n) is 8.97. The average molecular weight is 395 g/mol. The molecule has 0 bridgehead atoms. The molecule has 9 heteroatoms. The lowest BCUT2D eigenvalue weighted by molar-refractivity contribution is -0.117. The monoisotopic (exact) mass is 395 g/mol. The zero-order valence-corrected chi connectivity index (χ0v) is 16.6. The molecule has 1 heterocycles. The van der Waals surface area contributed by atoms with Crippen LogP contribution in [0.4, 0.5) is 14.9 Å². The van der Waals surface area contributed by atoms with Crippen LogP contribution in [0.1, 0.15) is 31.1 Å². The summed E-state index contributed by atoms with van der Waals surface area (Å²) in [5, 5.41) is 2.64. The van der Waals surface area contributed by atoms with Gasteiger partial charge in [0.05, 0.1) is 19.2 Å². The van der Waals surface area contributed by atoms with E-state index in [-0.39, 0.29) is 24.1 Å². The summed E-state index contributed by atoms with van der Waals surface area (Å²) in [6.07, 6.45) is -0.363. The fourth-order valence-corrected chi connectivity index (χ4v) is 2.69. The lowest BCUT2D eigenvalue weighted by Crippen LogP contribution is -2.51. The van der Waals surface area contributed by atoms with Gasteiger partial charge in [-0.15, -0.1) is 0 Å². The molecule has 154 valence electrons. The van der Waals surface area contributed by atoms with Gasteiger partial charge in [-0.1, -0.05) is 0 Å². The molecule has 0 aliphatic carbocycles. The van der Waals surface area contributed by atoms with Gasteiger partial charge in [-0.2, -0.15) is 0 Å². The number of hydrogen-bond acceptors (Lipinski definition) is 6. The molecule has 1 saturated heterocycles. The third-order valence-electron chi connectivity index (χ3n) is 4.05. The molecule has 28 heavy (non-hydrogen) atoms. The van der Waals surface area contributed by atoms with Crippen LogP contribution in [0.3, 0.4) is 0 Å². The van der Waals surface area contributed by atoms with Gasteiger partial charge in [0.2, 0.25) is 5.91 Å². The van der Waals surface area contributed by atoms with Gasteiger partial charge in [-0.05, 0) is 39.0 Å². The number of esters is 1. The van der Waals surface area contributed by atoms with E-state index in [1.54, 1.807) is 4.90 Å². The Kier molecular flexibility index (Phi) is 6.95. The van der Waals surface area contributed by atoms with Crippen LogP contribution in [0.25, 0.3) is 0 Å². The summed E-state index contributed by atoms with van der Waals surface area (Å²) in [4.78, 5) is 39.4. The zero-order chi connectivity index (χ0) is 20.9. The van der Waals surface area contributed by atoms with Crippen molar-refractivity contribution >= 4 is 23.7 Å². The molecule has 0 saturated carbocycles. The number of piperazine rings is 1. The predicted octanol–water partition coefficient (Wildman–Crippen LogP) is 2.10. The van der Waals surface area contributed by atoms with Crippen molar-refractivity contribution in [2.75, 3.05) is 45.2 Å². The number of nitrogens with zero attached hydrogens (tertiary/aromatic N) is 2. The Balaban J connectivity index is 1.85. The molecular weight excluding hydrogens is 369 g/mol. The normalized spacial score (nSPS) is 15.1. The van der Waals surface area contributed by atoms with E-state index in [2.05, 4.69) is 10.1 Å². The molecule has 2 rings (SSSR count). The number of halogens is 1. The van der Waals surface area contributed by atoms with Crippen LogP contribution >= 0.6 is 0 Å². The molecule has 1 fully saturated rings. The Morgan fingerprint density at radius 2 is 1.79 bits per heavy atom. The van der Waals surface area contributed by atoms with Crippen LogP contribution in [0.15, 0.2) is 18.2 Å². The number of ether oxygens (including phenoxy) is 2. The molecule has 2 amide bonds. The summed E-state index contributed by atoms with van der Waals surface area (Å²) in [5.74, 6) is -1.83. The van der Waals surface area contributed by atoms with Gasteiger partial charge >= 0.3 is 12.1 Å². The standard InChI is InChI=1S/C19H26FN3O5/c1-19(2,3)28-18(26)23-9-7-22(8-10-23)12-16(24)21-13-5-6-15(20)14(11-13)17(25)27-4/h5-6,11H,7-10,12H2,1-4H3,(H,21,24). The van der Waals surface area contributed by atoms with Crippen LogP contribution in [0.2, 0.25) is 0 Å². The van der Waals surface area contributed by atoms with Gasteiger partial charge in [0.15, 0.2) is 0 Å². The number of carbonyl (C=O) groups excluding carboxylic acids is 3. The lowest BCUT2D eigenvalue weighted by atomic mass is 10.2. The van der Waals surface area contributed by atoms with Crippen molar-refractivity contribution in [3.8, 4) is 0 Å². The van der Waals surface area contributed by atoms with Gasteiger partial charge < -0.3 is 19.7 Å². The number of carbonyl (C=O) groups is 3. The predicted molar refractivity (Wildman–Crippen MR) is 101 cm³/mol. The second-order valence-electron chi connectivity index (χ2n) is 7.48. The fraction of sp³-hybridized carbons (Fsp3) is 0.526. The first-order valence-corrected chi connectivity index (χ1v) is 8.97. The highest BCUT2D eigenvalue weighted by Gasteiger charge is 2.26. The maximum atomic E-state index is 13.7. The van der Waals surface area contributed by atoms with E-state index < -0.39 is 17.4 Å². The Hall–Kier alpha value is -2.68. The van der Waals surface area contributed by atoms with Crippen molar-refractivity contribution in [3.05, 3.63) is 29.6 Å². The van der Waals surface area contributed by atoms with Crippen LogP contribution < -0.4 is 5.32 Å². The van der Waals surface area contributed by atoms with E-state index >= 15 is 0 Å². The molecule has 1 aromatic carbocycles. The zero-order valence-electron chi connectivity index (χ0n) is 16.6. The molecule has 0 aromatic heterocycles. The molecular formula is C19H26FN3O5. The maximum Gasteiger partial charge on any atom is 0.410 e. The smallest absolute Gasteiger partial charge is 0.410 e. The second-order valence-corrected chi connectivity index (χ2v) is 7.48. The highest BCUT2D eigenvalue weighted by atomic mass is 19.1. The van der Waals surface area contributed by atoms with Crippen molar-refractivity contribution in [1.82, 2.24) is 9.80 Å². The van der Waals surface area contributed by atoms with Crippen molar-refractivity contribution in [2.45, 2.75) is 26.4 Å². The molecule has 0 radical (unpaired) electrons. The molecule has 1 N–H and O–H groups in total. The van der Waals surface area contributed by atoms with Gasteiger partial charge in [0.1, 0.15) is 11.4 Å². The number of rotatable bonds is 4. The van der Waals surface area contributed by atoms with Crippen LogP contribution in [0.5, 0.6) is 0 Å². The third kappa shape index (κ3) is 6.19. The summed E-state index contributed by atoms with van der Waals surface area (Å²) in [5.41, 5.74) is -0.489. The quantitative estimate of drug-likeness (QED) is 0.786. The number of nitrogens with one attached hydrogen (secondary N) is 1. The summed E-state index contributed by atoms with van der Waals surface area (Å²) in [7, 11) is 1.16. The fourth-order valence-electron chi connectivity index (χ4n) is 2.69. The van der Waals surface area contributed by atoms with Crippen molar-refractivity contribution in [1.29, 1.82) is 0 Å². The highest BCUT2D eigenvalue weighted by Crippen LogP contribution is 2.16. The van der Waals surface area contributed by atoms with E-state index in [0.717, 1.165) is 13.2 Å². The van der Waals surface area contributed by atoms with Crippen molar-refractivity contribution in [3.63, 3.8) is 0 Å². The van der Waals surface area contributed by atoms with E-state index in [9.17, 15) is 18.8 Å². The number of benzene rings is 1. The number of amides is 2. The van der Waals surface area contributed by atoms with Crippen LogP contribution in [-0.4, -0.2) is 73.2 Å². The topological polar surface area (TPSA) is 88.2 Å². The Bertz CT molecular complexity index is 740. The molecule has 8 nitrogen and oxygen atoms in total. The van der Waals surface area contributed by atoms with Crippen molar-refractivity contribution in [2.24, 2.45) is 0 Å². The van der Waals surface area contributed by atoms with Gasteiger partial charge in [-0.25, -0.2) is 14.0 Å². The Morgan fingerprint density at radius 3 is 2.36 bits per heavy atom. The maximum absolute atomic E-state index is 13.7. The molecule has 0 spiro atoms. The molecule has 1 aliphatic heterocycles. The highest BCUT2D eigenvalue weighted by molar-refractivity contribution is 5.95. The number of anilines is 1. The largest absolute Gasteiger partial charge is 0.465 e. The minimum atomic E-state index is -0.813. The second kappa shape index (κ2) is 9.01. The number of hydrogen-bond donors (Lipinski definition) is 1. The van der Waals surface area contributed by atoms with Gasteiger partial charge in [0, 0.05) is 31.9 Å². The first kappa shape index (κ1) is 21.6. The Morgan fingerprint density at radius 1 is 1.14 bits per heavy atom. The average Bonchev–Trinajstić information content (AvgIpc) is 2.61. The van der Waals surface area contributed by atoms with Gasteiger partial charge in [0.25, 0.3) is 0 Å². The summed E-state index contributed by atoms with van der Waals surface area (Å²) in [6.45, 7) is 7.54. The van der Waals surface area contributed by atoms with E-state index in [1.165, 1.54) is 12.1 Å². The first-order chi connectivity index (χ1) is 13.1. The summed E-state index contributed by atoms with van der Waals surface area (Å²) < 4.78 is 23.5. The van der Waals surface area contributed by atoms with E-state index in [4.69, 9.17) is 4.74 Å². The van der Waals surface area contributed by atoms with E-state index in [1.807, 2.05) is 25.7 Å². The molecule has 0 atom stereocenters. The van der Waals surface area contributed by atoms with E-state index in [0.29, 0.717) is 31.9 Å². The third-order valence-corrected chi connectivity index (χ3v) is 4.05. The lowest BCUT2D eigenvalue weighted by Gasteiger charge is -2.35. The molecule has 1 aromatic rings. The van der Waals surface area contributed by atoms with Crippen molar-refractivity contribution < 1.29 is 28.2 Å². The van der Waals surface area contributed by atoms with Crippen LogP contribution in [-0.2, 0) is 14.3 Å². The van der Waals surface area contributed by atoms with Gasteiger partial charge in [-0.3, -0.25) is 9.69 Å². The SMILES string of the molecule is COC(=O)c1cc(NC(=O)CN2CCN(C(=O)OC(C)(C)C)CC2)ccc1F. The molecule has 1 aliphatic rings. The summed E-state index contributed by atoms with van der Waals surface area (Å²) in [6, 6.07) is 3.71. The molecule has 0 unspecified atom stereocenters. The summed E-state index contributed by atoms with van der Waals surface area (Å²) >= 11 is 0.